The molecule has 0 amide bonds. The topological polar surface area (TPSA) is 21.3 Å². The van der Waals surface area contributed by atoms with Crippen molar-refractivity contribution < 1.29 is 4.74 Å². The number of hydrogen-bond donors (Lipinski definition) is 1. The first-order valence-corrected chi connectivity index (χ1v) is 5.56. The van der Waals surface area contributed by atoms with Crippen LogP contribution in [0.25, 0.3) is 0 Å². The Balaban J connectivity index is 2.06. The third-order valence-corrected chi connectivity index (χ3v) is 2.88. The maximum Gasteiger partial charge on any atom is 0.0519 e. The molecule has 0 aromatic heterocycles. The van der Waals surface area contributed by atoms with Crippen LogP contribution in [0.15, 0.2) is 0 Å². The Morgan fingerprint density at radius 1 is 1.31 bits per heavy atom. The third kappa shape index (κ3) is 3.65. The normalized spacial score (nSPS) is 27.7. The van der Waals surface area contributed by atoms with E-state index in [4.69, 9.17) is 4.74 Å². The van der Waals surface area contributed by atoms with E-state index in [2.05, 4.69) is 26.1 Å². The van der Waals surface area contributed by atoms with Gasteiger partial charge < -0.3 is 10.1 Å². The molecule has 0 aliphatic heterocycles. The van der Waals surface area contributed by atoms with Gasteiger partial charge in [0.25, 0.3) is 0 Å². The van der Waals surface area contributed by atoms with Crippen LogP contribution >= 0.6 is 0 Å². The summed E-state index contributed by atoms with van der Waals surface area (Å²) in [5.74, 6) is 1.69. The zero-order valence-electron chi connectivity index (χ0n) is 9.18. The molecule has 0 heterocycles. The highest BCUT2D eigenvalue weighted by Gasteiger charge is 2.30. The molecule has 2 heteroatoms. The lowest BCUT2D eigenvalue weighted by molar-refractivity contribution is 0.00153. The predicted octanol–water partition coefficient (Wildman–Crippen LogP) is 2.05. The molecule has 1 rings (SSSR count). The van der Waals surface area contributed by atoms with E-state index in [1.54, 1.807) is 0 Å². The highest BCUT2D eigenvalue weighted by Crippen LogP contribution is 2.33. The average Bonchev–Trinajstić information content (AvgIpc) is 2.03. The Morgan fingerprint density at radius 3 is 2.46 bits per heavy atom. The van der Waals surface area contributed by atoms with Crippen LogP contribution in [0.5, 0.6) is 0 Å². The monoisotopic (exact) mass is 185 g/mol. The fourth-order valence-electron chi connectivity index (χ4n) is 1.77. The summed E-state index contributed by atoms with van der Waals surface area (Å²) in [5.41, 5.74) is 0. The van der Waals surface area contributed by atoms with Crippen LogP contribution in [0.1, 0.15) is 33.6 Å². The van der Waals surface area contributed by atoms with Gasteiger partial charge in [-0.1, -0.05) is 6.92 Å². The first-order chi connectivity index (χ1) is 6.24. The van der Waals surface area contributed by atoms with Gasteiger partial charge in [0.1, 0.15) is 0 Å². The van der Waals surface area contributed by atoms with E-state index in [1.165, 1.54) is 19.4 Å². The number of rotatable bonds is 6. The van der Waals surface area contributed by atoms with Gasteiger partial charge in [-0.3, -0.25) is 0 Å². The van der Waals surface area contributed by atoms with Crippen molar-refractivity contribution in [3.8, 4) is 0 Å². The van der Waals surface area contributed by atoms with Crippen molar-refractivity contribution >= 4 is 0 Å². The Bertz CT molecular complexity index is 136. The first-order valence-electron chi connectivity index (χ1n) is 5.56. The SMILES string of the molecule is CCNCC1CCC1COC(C)C. The van der Waals surface area contributed by atoms with Gasteiger partial charge in [-0.2, -0.15) is 0 Å². The maximum atomic E-state index is 5.63. The van der Waals surface area contributed by atoms with Crippen LogP contribution in [0, 0.1) is 11.8 Å². The van der Waals surface area contributed by atoms with E-state index in [0.717, 1.165) is 25.0 Å². The van der Waals surface area contributed by atoms with Crippen molar-refractivity contribution in [2.24, 2.45) is 11.8 Å². The Kier molecular flexibility index (Phi) is 4.74. The molecule has 1 aliphatic carbocycles. The minimum Gasteiger partial charge on any atom is -0.378 e. The van der Waals surface area contributed by atoms with Crippen LogP contribution in [0.4, 0.5) is 0 Å². The molecule has 2 nitrogen and oxygen atoms in total. The second kappa shape index (κ2) is 5.61. The summed E-state index contributed by atoms with van der Waals surface area (Å²) in [5, 5.41) is 3.41. The molecule has 1 saturated carbocycles. The lowest BCUT2D eigenvalue weighted by Gasteiger charge is -2.37. The van der Waals surface area contributed by atoms with Crippen molar-refractivity contribution in [2.75, 3.05) is 19.7 Å². The molecule has 13 heavy (non-hydrogen) atoms. The summed E-state index contributed by atoms with van der Waals surface area (Å²) >= 11 is 0. The average molecular weight is 185 g/mol. The molecule has 2 unspecified atom stereocenters. The highest BCUT2D eigenvalue weighted by atomic mass is 16.5. The number of nitrogens with one attached hydrogen (secondary N) is 1. The lowest BCUT2D eigenvalue weighted by Crippen LogP contribution is -2.38. The van der Waals surface area contributed by atoms with Gasteiger partial charge in [0.05, 0.1) is 12.7 Å². The first kappa shape index (κ1) is 11.0. The molecule has 0 spiro atoms. The molecule has 2 atom stereocenters. The summed E-state index contributed by atoms with van der Waals surface area (Å²) in [6.07, 6.45) is 3.14. The fourth-order valence-corrected chi connectivity index (χ4v) is 1.77. The van der Waals surface area contributed by atoms with E-state index >= 15 is 0 Å². The van der Waals surface area contributed by atoms with Crippen molar-refractivity contribution in [3.63, 3.8) is 0 Å². The second-order valence-corrected chi connectivity index (χ2v) is 4.29. The van der Waals surface area contributed by atoms with Crippen LogP contribution < -0.4 is 5.32 Å². The zero-order valence-corrected chi connectivity index (χ0v) is 9.18. The zero-order chi connectivity index (χ0) is 9.68. The van der Waals surface area contributed by atoms with Crippen molar-refractivity contribution in [1.29, 1.82) is 0 Å². The minimum atomic E-state index is 0.389. The molecular weight excluding hydrogens is 162 g/mol. The van der Waals surface area contributed by atoms with Gasteiger partial charge >= 0.3 is 0 Å². The summed E-state index contributed by atoms with van der Waals surface area (Å²) < 4.78 is 5.63. The third-order valence-electron chi connectivity index (χ3n) is 2.88. The van der Waals surface area contributed by atoms with Crippen molar-refractivity contribution in [1.82, 2.24) is 5.32 Å². The molecule has 1 aliphatic rings. The second-order valence-electron chi connectivity index (χ2n) is 4.29. The fraction of sp³-hybridized carbons (Fsp3) is 1.00. The largest absolute Gasteiger partial charge is 0.378 e. The summed E-state index contributed by atoms with van der Waals surface area (Å²) in [6, 6.07) is 0. The van der Waals surface area contributed by atoms with Crippen molar-refractivity contribution in [3.05, 3.63) is 0 Å². The molecule has 0 radical (unpaired) electrons. The van der Waals surface area contributed by atoms with E-state index < -0.39 is 0 Å². The minimum absolute atomic E-state index is 0.389. The van der Waals surface area contributed by atoms with E-state index in [-0.39, 0.29) is 0 Å². The van der Waals surface area contributed by atoms with Gasteiger partial charge in [-0.15, -0.1) is 0 Å². The van der Waals surface area contributed by atoms with Gasteiger partial charge in [-0.25, -0.2) is 0 Å². The summed E-state index contributed by atoms with van der Waals surface area (Å²) in [4.78, 5) is 0. The molecular formula is C11H23NO. The molecule has 1 N–H and O–H groups in total. The van der Waals surface area contributed by atoms with Gasteiger partial charge in [0.15, 0.2) is 0 Å². The van der Waals surface area contributed by atoms with Gasteiger partial charge in [-0.05, 0) is 51.6 Å². The molecule has 0 aromatic rings. The van der Waals surface area contributed by atoms with Crippen LogP contribution in [-0.2, 0) is 4.74 Å². The number of ether oxygens (including phenoxy) is 1. The van der Waals surface area contributed by atoms with E-state index in [1.807, 2.05) is 0 Å². The van der Waals surface area contributed by atoms with Gasteiger partial charge in [0.2, 0.25) is 0 Å². The maximum absolute atomic E-state index is 5.63. The molecule has 1 fully saturated rings. The summed E-state index contributed by atoms with van der Waals surface area (Å²) in [7, 11) is 0. The smallest absolute Gasteiger partial charge is 0.0519 e. The Labute approximate surface area is 82.0 Å². The highest BCUT2D eigenvalue weighted by molar-refractivity contribution is 4.82. The molecule has 0 saturated heterocycles. The lowest BCUT2D eigenvalue weighted by atomic mass is 9.74. The number of hydrogen-bond acceptors (Lipinski definition) is 2. The van der Waals surface area contributed by atoms with Crippen LogP contribution in [0.2, 0.25) is 0 Å². The quantitative estimate of drug-likeness (QED) is 0.684. The molecule has 0 aromatic carbocycles. The Morgan fingerprint density at radius 2 is 2.00 bits per heavy atom. The standard InChI is InChI=1S/C11H23NO/c1-4-12-7-10-5-6-11(10)8-13-9(2)3/h9-12H,4-8H2,1-3H3. The van der Waals surface area contributed by atoms with Crippen LogP contribution in [-0.4, -0.2) is 25.8 Å². The van der Waals surface area contributed by atoms with Gasteiger partial charge in [0, 0.05) is 0 Å². The van der Waals surface area contributed by atoms with Crippen molar-refractivity contribution in [2.45, 2.75) is 39.7 Å². The molecule has 78 valence electrons. The molecule has 0 bridgehead atoms. The van der Waals surface area contributed by atoms with Crippen LogP contribution in [0.3, 0.4) is 0 Å². The van der Waals surface area contributed by atoms with E-state index in [0.29, 0.717) is 6.10 Å². The predicted molar refractivity (Wildman–Crippen MR) is 55.8 cm³/mol. The summed E-state index contributed by atoms with van der Waals surface area (Å²) in [6.45, 7) is 9.62. The van der Waals surface area contributed by atoms with E-state index in [9.17, 15) is 0 Å². The Hall–Kier alpha value is -0.0800.